The van der Waals surface area contributed by atoms with Gasteiger partial charge in [-0.3, -0.25) is 9.59 Å². The zero-order chi connectivity index (χ0) is 14.3. The fourth-order valence-electron chi connectivity index (χ4n) is 2.50. The zero-order valence-electron chi connectivity index (χ0n) is 10.7. The molecule has 20 heavy (non-hydrogen) atoms. The highest BCUT2D eigenvalue weighted by atomic mass is 35.5. The summed E-state index contributed by atoms with van der Waals surface area (Å²) in [4.78, 5) is 25.7. The molecular weight excluding hydrogens is 283 g/mol. The lowest BCUT2D eigenvalue weighted by Gasteiger charge is -2.24. The minimum absolute atomic E-state index is 0.139. The Kier molecular flexibility index (Phi) is 3.38. The molecule has 1 saturated carbocycles. The summed E-state index contributed by atoms with van der Waals surface area (Å²) in [5.41, 5.74) is 0.405. The van der Waals surface area contributed by atoms with Crippen LogP contribution < -0.4 is 10.2 Å². The Morgan fingerprint density at radius 2 is 2.00 bits per heavy atom. The Bertz CT molecular complexity index is 554. The first-order valence-corrected chi connectivity index (χ1v) is 6.99. The molecule has 2 amide bonds. The zero-order valence-corrected chi connectivity index (χ0v) is 11.5. The number of benzene rings is 1. The van der Waals surface area contributed by atoms with Crippen molar-refractivity contribution in [1.82, 2.24) is 5.32 Å². The molecule has 0 bridgehead atoms. The summed E-state index contributed by atoms with van der Waals surface area (Å²) in [5.74, 6) is -0.608. The third kappa shape index (κ3) is 2.63. The molecule has 1 atom stereocenters. The van der Waals surface area contributed by atoms with E-state index in [4.69, 9.17) is 11.6 Å². The summed E-state index contributed by atoms with van der Waals surface area (Å²) in [6, 6.07) is 3.51. The van der Waals surface area contributed by atoms with E-state index < -0.39 is 11.9 Å². The van der Waals surface area contributed by atoms with E-state index in [0.29, 0.717) is 5.69 Å². The molecule has 1 aromatic rings. The molecule has 1 aliphatic carbocycles. The highest BCUT2D eigenvalue weighted by Crippen LogP contribution is 2.35. The average molecular weight is 297 g/mol. The average Bonchev–Trinajstić information content (AvgIpc) is 3.18. The first kappa shape index (κ1) is 13.4. The van der Waals surface area contributed by atoms with Crippen LogP contribution in [0, 0.1) is 11.7 Å². The Morgan fingerprint density at radius 1 is 1.25 bits per heavy atom. The molecule has 0 aromatic heterocycles. The van der Waals surface area contributed by atoms with Crippen LogP contribution in [0.2, 0.25) is 5.02 Å². The second-order valence-electron chi connectivity index (χ2n) is 5.25. The molecule has 106 valence electrons. The van der Waals surface area contributed by atoms with Gasteiger partial charge in [0.1, 0.15) is 11.9 Å². The molecule has 4 nitrogen and oxygen atoms in total. The standard InChI is InChI=1S/C14H14ClFN2O2/c15-9-5-10(16)7-11(6-9)18-4-3-12(19)17-13(14(18)20)8-1-2-8/h5-8,13H,1-4H2,(H,17,19). The monoisotopic (exact) mass is 296 g/mol. The number of halogens is 2. The Labute approximate surface area is 120 Å². The predicted octanol–water partition coefficient (Wildman–Crippen LogP) is 2.11. The molecule has 1 aliphatic heterocycles. The van der Waals surface area contributed by atoms with Crippen LogP contribution in [0.5, 0.6) is 0 Å². The van der Waals surface area contributed by atoms with Crippen LogP contribution >= 0.6 is 11.6 Å². The number of amides is 2. The lowest BCUT2D eigenvalue weighted by molar-refractivity contribution is -0.126. The summed E-state index contributed by atoms with van der Waals surface area (Å²) in [6.45, 7) is 0.244. The van der Waals surface area contributed by atoms with Gasteiger partial charge in [-0.1, -0.05) is 11.6 Å². The SMILES string of the molecule is O=C1CCN(c2cc(F)cc(Cl)c2)C(=O)C(C2CC2)N1. The van der Waals surface area contributed by atoms with Crippen molar-refractivity contribution in [2.24, 2.45) is 5.92 Å². The van der Waals surface area contributed by atoms with Crippen LogP contribution in [-0.2, 0) is 9.59 Å². The number of hydrogen-bond acceptors (Lipinski definition) is 2. The molecule has 1 saturated heterocycles. The fraction of sp³-hybridized carbons (Fsp3) is 0.429. The number of carbonyl (C=O) groups excluding carboxylic acids is 2. The summed E-state index contributed by atoms with van der Waals surface area (Å²) >= 11 is 5.84. The van der Waals surface area contributed by atoms with Crippen LogP contribution in [0.3, 0.4) is 0 Å². The smallest absolute Gasteiger partial charge is 0.249 e. The number of anilines is 1. The van der Waals surface area contributed by atoms with E-state index in [2.05, 4.69) is 5.32 Å². The molecule has 3 rings (SSSR count). The summed E-state index contributed by atoms with van der Waals surface area (Å²) < 4.78 is 13.5. The highest BCUT2D eigenvalue weighted by molar-refractivity contribution is 6.31. The van der Waals surface area contributed by atoms with E-state index in [1.165, 1.54) is 17.0 Å². The van der Waals surface area contributed by atoms with Crippen LogP contribution in [0.25, 0.3) is 0 Å². The van der Waals surface area contributed by atoms with Crippen molar-refractivity contribution in [3.05, 3.63) is 29.0 Å². The number of rotatable bonds is 2. The van der Waals surface area contributed by atoms with Gasteiger partial charge in [-0.15, -0.1) is 0 Å². The largest absolute Gasteiger partial charge is 0.344 e. The van der Waals surface area contributed by atoms with Crippen LogP contribution in [0.1, 0.15) is 19.3 Å². The van der Waals surface area contributed by atoms with Crippen molar-refractivity contribution in [3.8, 4) is 0 Å². The van der Waals surface area contributed by atoms with Crippen molar-refractivity contribution in [1.29, 1.82) is 0 Å². The molecule has 2 aliphatic rings. The van der Waals surface area contributed by atoms with E-state index in [-0.39, 0.29) is 35.7 Å². The van der Waals surface area contributed by atoms with Gasteiger partial charge in [0, 0.05) is 23.7 Å². The van der Waals surface area contributed by atoms with Crippen LogP contribution in [0.4, 0.5) is 10.1 Å². The summed E-state index contributed by atoms with van der Waals surface area (Å²) in [5, 5.41) is 3.00. The van der Waals surface area contributed by atoms with E-state index in [1.54, 1.807) is 6.07 Å². The molecule has 1 aromatic carbocycles. The van der Waals surface area contributed by atoms with Crippen molar-refractivity contribution in [2.45, 2.75) is 25.3 Å². The van der Waals surface area contributed by atoms with Gasteiger partial charge in [0.2, 0.25) is 11.8 Å². The third-order valence-corrected chi connectivity index (χ3v) is 3.88. The van der Waals surface area contributed by atoms with Gasteiger partial charge >= 0.3 is 0 Å². The lowest BCUT2D eigenvalue weighted by Crippen LogP contribution is -2.46. The molecule has 6 heteroatoms. The molecule has 2 fully saturated rings. The van der Waals surface area contributed by atoms with Crippen molar-refractivity contribution < 1.29 is 14.0 Å². The number of hydrogen-bond donors (Lipinski definition) is 1. The Hall–Kier alpha value is -1.62. The fourth-order valence-corrected chi connectivity index (χ4v) is 2.72. The quantitative estimate of drug-likeness (QED) is 0.909. The Morgan fingerprint density at radius 3 is 2.65 bits per heavy atom. The maximum Gasteiger partial charge on any atom is 0.249 e. The second-order valence-corrected chi connectivity index (χ2v) is 5.69. The van der Waals surface area contributed by atoms with Gasteiger partial charge in [0.05, 0.1) is 0 Å². The van der Waals surface area contributed by atoms with Crippen LogP contribution in [-0.4, -0.2) is 24.4 Å². The van der Waals surface area contributed by atoms with Crippen molar-refractivity contribution in [2.75, 3.05) is 11.4 Å². The third-order valence-electron chi connectivity index (χ3n) is 3.66. The van der Waals surface area contributed by atoms with Gasteiger partial charge in [-0.05, 0) is 37.0 Å². The molecule has 1 N–H and O–H groups in total. The highest BCUT2D eigenvalue weighted by Gasteiger charge is 2.41. The number of nitrogens with one attached hydrogen (secondary N) is 1. The topological polar surface area (TPSA) is 49.4 Å². The maximum absolute atomic E-state index is 13.5. The molecule has 0 spiro atoms. The summed E-state index contributed by atoms with van der Waals surface area (Å²) in [7, 11) is 0. The maximum atomic E-state index is 13.5. The van der Waals surface area contributed by atoms with E-state index >= 15 is 0 Å². The second kappa shape index (κ2) is 5.05. The first-order chi connectivity index (χ1) is 9.54. The van der Waals surface area contributed by atoms with Gasteiger partial charge in [0.15, 0.2) is 0 Å². The van der Waals surface area contributed by atoms with Crippen molar-refractivity contribution in [3.63, 3.8) is 0 Å². The van der Waals surface area contributed by atoms with Crippen molar-refractivity contribution >= 4 is 29.1 Å². The van der Waals surface area contributed by atoms with E-state index in [9.17, 15) is 14.0 Å². The lowest BCUT2D eigenvalue weighted by atomic mass is 10.1. The summed E-state index contributed by atoms with van der Waals surface area (Å²) in [6.07, 6.45) is 2.09. The van der Waals surface area contributed by atoms with Gasteiger partial charge < -0.3 is 10.2 Å². The van der Waals surface area contributed by atoms with Gasteiger partial charge in [-0.2, -0.15) is 0 Å². The molecule has 1 heterocycles. The normalized spacial score (nSPS) is 23.5. The number of carbonyl (C=O) groups is 2. The first-order valence-electron chi connectivity index (χ1n) is 6.61. The molecule has 0 radical (unpaired) electrons. The minimum atomic E-state index is -0.494. The Balaban J connectivity index is 1.93. The number of nitrogens with zero attached hydrogens (tertiary/aromatic N) is 1. The molecular formula is C14H14ClFN2O2. The predicted molar refractivity (Wildman–Crippen MR) is 73.0 cm³/mol. The van der Waals surface area contributed by atoms with Gasteiger partial charge in [-0.25, -0.2) is 4.39 Å². The molecule has 1 unspecified atom stereocenters. The van der Waals surface area contributed by atoms with E-state index in [0.717, 1.165) is 12.8 Å². The van der Waals surface area contributed by atoms with E-state index in [1.807, 2.05) is 0 Å². The van der Waals surface area contributed by atoms with Crippen LogP contribution in [0.15, 0.2) is 18.2 Å². The minimum Gasteiger partial charge on any atom is -0.344 e. The van der Waals surface area contributed by atoms with Gasteiger partial charge in [0.25, 0.3) is 0 Å².